The summed E-state index contributed by atoms with van der Waals surface area (Å²) >= 11 is 0. The van der Waals surface area contributed by atoms with Gasteiger partial charge in [0, 0.05) is 33.1 Å². The number of hydrogen-bond acceptors (Lipinski definition) is 5. The zero-order valence-electron chi connectivity index (χ0n) is 10.1. The van der Waals surface area contributed by atoms with E-state index in [-0.39, 0.29) is 36.5 Å². The Balaban J connectivity index is 1.81. The van der Waals surface area contributed by atoms with Crippen LogP contribution in [0.5, 0.6) is 0 Å². The number of carbonyl (C=O) groups is 2. The maximum absolute atomic E-state index is 11.7. The Hall–Kier alpha value is -1.96. The monoisotopic (exact) mass is 252 g/mol. The van der Waals surface area contributed by atoms with E-state index < -0.39 is 0 Å². The van der Waals surface area contributed by atoms with Gasteiger partial charge in [0.1, 0.15) is 0 Å². The molecule has 2 heterocycles. The first-order chi connectivity index (χ1) is 8.70. The first-order valence-corrected chi connectivity index (χ1v) is 5.82. The van der Waals surface area contributed by atoms with E-state index in [0.717, 1.165) is 13.1 Å². The molecule has 1 saturated heterocycles. The van der Waals surface area contributed by atoms with Crippen LogP contribution in [0.1, 0.15) is 23.0 Å². The van der Waals surface area contributed by atoms with E-state index >= 15 is 0 Å². The van der Waals surface area contributed by atoms with Crippen molar-refractivity contribution in [3.63, 3.8) is 0 Å². The van der Waals surface area contributed by atoms with Crippen molar-refractivity contribution < 1.29 is 9.59 Å². The van der Waals surface area contributed by atoms with Crippen LogP contribution in [0.25, 0.3) is 0 Å². The summed E-state index contributed by atoms with van der Waals surface area (Å²) in [5.74, 6) is -0.420. The Kier molecular flexibility index (Phi) is 3.88. The SMILES string of the molecule is CNC(=O)CCNC(=O)c1cn(C2CNC2)nn1. The minimum atomic E-state index is -0.308. The summed E-state index contributed by atoms with van der Waals surface area (Å²) in [4.78, 5) is 22.7. The fourth-order valence-electron chi connectivity index (χ4n) is 1.52. The van der Waals surface area contributed by atoms with Gasteiger partial charge >= 0.3 is 0 Å². The lowest BCUT2D eigenvalue weighted by molar-refractivity contribution is -0.120. The van der Waals surface area contributed by atoms with Crippen LogP contribution in [0.3, 0.4) is 0 Å². The number of amides is 2. The molecule has 0 spiro atoms. The molecule has 0 aliphatic carbocycles. The van der Waals surface area contributed by atoms with Crippen molar-refractivity contribution in [3.8, 4) is 0 Å². The summed E-state index contributed by atoms with van der Waals surface area (Å²) in [6, 6.07) is 0.282. The van der Waals surface area contributed by atoms with Crippen molar-refractivity contribution in [2.75, 3.05) is 26.7 Å². The van der Waals surface area contributed by atoms with Gasteiger partial charge in [-0.25, -0.2) is 4.68 Å². The van der Waals surface area contributed by atoms with Crippen molar-refractivity contribution in [1.29, 1.82) is 0 Å². The maximum atomic E-state index is 11.7. The average Bonchev–Trinajstić information content (AvgIpc) is 2.75. The average molecular weight is 252 g/mol. The molecule has 8 heteroatoms. The highest BCUT2D eigenvalue weighted by Crippen LogP contribution is 2.09. The molecular formula is C10H16N6O2. The van der Waals surface area contributed by atoms with Crippen molar-refractivity contribution in [3.05, 3.63) is 11.9 Å². The molecule has 2 rings (SSSR count). The third-order valence-electron chi connectivity index (χ3n) is 2.79. The fourth-order valence-corrected chi connectivity index (χ4v) is 1.52. The van der Waals surface area contributed by atoms with Gasteiger partial charge in [-0.15, -0.1) is 5.10 Å². The van der Waals surface area contributed by atoms with Crippen LogP contribution in [0.4, 0.5) is 0 Å². The van der Waals surface area contributed by atoms with Gasteiger partial charge in [0.15, 0.2) is 5.69 Å². The quantitative estimate of drug-likeness (QED) is 0.579. The first-order valence-electron chi connectivity index (χ1n) is 5.82. The van der Waals surface area contributed by atoms with Crippen LogP contribution in [0.15, 0.2) is 6.20 Å². The maximum Gasteiger partial charge on any atom is 0.273 e. The molecule has 8 nitrogen and oxygen atoms in total. The summed E-state index contributed by atoms with van der Waals surface area (Å²) in [7, 11) is 1.56. The predicted molar refractivity (Wildman–Crippen MR) is 62.9 cm³/mol. The molecule has 1 aromatic heterocycles. The second-order valence-corrected chi connectivity index (χ2v) is 4.07. The summed E-state index contributed by atoms with van der Waals surface area (Å²) in [6.07, 6.45) is 1.88. The third kappa shape index (κ3) is 2.83. The smallest absolute Gasteiger partial charge is 0.273 e. The lowest BCUT2D eigenvalue weighted by Gasteiger charge is -2.26. The van der Waals surface area contributed by atoms with E-state index in [9.17, 15) is 9.59 Å². The molecule has 0 aromatic carbocycles. The van der Waals surface area contributed by atoms with E-state index in [0.29, 0.717) is 0 Å². The number of nitrogens with zero attached hydrogens (tertiary/aromatic N) is 3. The van der Waals surface area contributed by atoms with Gasteiger partial charge in [0.25, 0.3) is 5.91 Å². The van der Waals surface area contributed by atoms with Crippen LogP contribution < -0.4 is 16.0 Å². The standard InChI is InChI=1S/C10H16N6O2/c1-11-9(17)2-3-13-10(18)8-6-16(15-14-8)7-4-12-5-7/h6-7,12H,2-5H2,1H3,(H,11,17)(H,13,18). The molecule has 1 aliphatic heterocycles. The van der Waals surface area contributed by atoms with Crippen LogP contribution in [0, 0.1) is 0 Å². The number of rotatable bonds is 5. The highest BCUT2D eigenvalue weighted by molar-refractivity contribution is 5.92. The molecule has 98 valence electrons. The highest BCUT2D eigenvalue weighted by Gasteiger charge is 2.21. The molecule has 0 bridgehead atoms. The molecule has 2 amide bonds. The lowest BCUT2D eigenvalue weighted by atomic mass is 10.2. The summed E-state index contributed by atoms with van der Waals surface area (Å²) in [6.45, 7) is 1.98. The Morgan fingerprint density at radius 2 is 2.33 bits per heavy atom. The summed E-state index contributed by atoms with van der Waals surface area (Å²) in [5.41, 5.74) is 0.277. The zero-order chi connectivity index (χ0) is 13.0. The number of aromatic nitrogens is 3. The van der Waals surface area contributed by atoms with E-state index in [1.54, 1.807) is 17.9 Å². The van der Waals surface area contributed by atoms with Crippen molar-refractivity contribution >= 4 is 11.8 Å². The van der Waals surface area contributed by atoms with Gasteiger partial charge in [-0.05, 0) is 0 Å². The largest absolute Gasteiger partial charge is 0.359 e. The van der Waals surface area contributed by atoms with E-state index in [1.807, 2.05) is 0 Å². The minimum Gasteiger partial charge on any atom is -0.359 e. The highest BCUT2D eigenvalue weighted by atomic mass is 16.2. The van der Waals surface area contributed by atoms with Crippen molar-refractivity contribution in [2.24, 2.45) is 0 Å². The molecule has 0 atom stereocenters. The van der Waals surface area contributed by atoms with Crippen molar-refractivity contribution in [1.82, 2.24) is 30.9 Å². The predicted octanol–water partition coefficient (Wildman–Crippen LogP) is -1.71. The number of nitrogens with one attached hydrogen (secondary N) is 3. The van der Waals surface area contributed by atoms with Gasteiger partial charge in [0.05, 0.1) is 12.2 Å². The summed E-state index contributed by atoms with van der Waals surface area (Å²) in [5, 5.41) is 15.9. The Morgan fingerprint density at radius 1 is 1.56 bits per heavy atom. The second kappa shape index (κ2) is 5.58. The zero-order valence-corrected chi connectivity index (χ0v) is 10.1. The molecule has 0 radical (unpaired) electrons. The molecule has 0 unspecified atom stereocenters. The normalized spacial score (nSPS) is 14.9. The lowest BCUT2D eigenvalue weighted by Crippen LogP contribution is -2.43. The van der Waals surface area contributed by atoms with Gasteiger partial charge in [-0.1, -0.05) is 5.21 Å². The van der Waals surface area contributed by atoms with E-state index in [2.05, 4.69) is 26.3 Å². The fraction of sp³-hybridized carbons (Fsp3) is 0.600. The van der Waals surface area contributed by atoms with Gasteiger partial charge < -0.3 is 16.0 Å². The molecule has 1 aliphatic rings. The number of carbonyl (C=O) groups excluding carboxylic acids is 2. The molecule has 1 fully saturated rings. The third-order valence-corrected chi connectivity index (χ3v) is 2.79. The second-order valence-electron chi connectivity index (χ2n) is 4.07. The minimum absolute atomic E-state index is 0.112. The van der Waals surface area contributed by atoms with Crippen molar-refractivity contribution in [2.45, 2.75) is 12.5 Å². The van der Waals surface area contributed by atoms with E-state index in [4.69, 9.17) is 0 Å². The molecule has 3 N–H and O–H groups in total. The molecule has 1 aromatic rings. The van der Waals surface area contributed by atoms with Crippen LogP contribution >= 0.6 is 0 Å². The van der Waals surface area contributed by atoms with Crippen LogP contribution in [-0.4, -0.2) is 53.5 Å². The Labute approximate surface area is 104 Å². The van der Waals surface area contributed by atoms with Gasteiger partial charge in [-0.3, -0.25) is 9.59 Å². The number of hydrogen-bond donors (Lipinski definition) is 3. The summed E-state index contributed by atoms with van der Waals surface area (Å²) < 4.78 is 1.68. The van der Waals surface area contributed by atoms with Gasteiger partial charge in [-0.2, -0.15) is 0 Å². The van der Waals surface area contributed by atoms with Crippen LogP contribution in [-0.2, 0) is 4.79 Å². The van der Waals surface area contributed by atoms with Crippen LogP contribution in [0.2, 0.25) is 0 Å². The van der Waals surface area contributed by atoms with Gasteiger partial charge in [0.2, 0.25) is 5.91 Å². The van der Waals surface area contributed by atoms with E-state index in [1.165, 1.54) is 0 Å². The Bertz CT molecular complexity index is 439. The topological polar surface area (TPSA) is 101 Å². The molecular weight excluding hydrogens is 236 g/mol. The Morgan fingerprint density at radius 3 is 2.94 bits per heavy atom. The molecule has 0 saturated carbocycles. The first kappa shape index (κ1) is 12.5. The molecule has 18 heavy (non-hydrogen) atoms.